The van der Waals surface area contributed by atoms with Gasteiger partial charge in [0.25, 0.3) is 0 Å². The van der Waals surface area contributed by atoms with Gasteiger partial charge in [-0.15, -0.1) is 5.10 Å². The van der Waals surface area contributed by atoms with Gasteiger partial charge in [-0.2, -0.15) is 0 Å². The molecule has 0 saturated carbocycles. The number of piperidine rings is 3. The van der Waals surface area contributed by atoms with E-state index < -0.39 is 0 Å². The molecule has 9 nitrogen and oxygen atoms in total. The molecule has 3 aromatic rings. The van der Waals surface area contributed by atoms with Gasteiger partial charge in [0.1, 0.15) is 18.1 Å². The number of nitrogens with one attached hydrogen (secondary N) is 1. The Morgan fingerprint density at radius 1 is 1.14 bits per heavy atom. The predicted octanol–water partition coefficient (Wildman–Crippen LogP) is 2.61. The van der Waals surface area contributed by atoms with Crippen LogP contribution >= 0.6 is 0 Å². The van der Waals surface area contributed by atoms with Crippen LogP contribution in [0.25, 0.3) is 0 Å². The van der Waals surface area contributed by atoms with Crippen LogP contribution < -0.4 is 19.5 Å². The Labute approximate surface area is 204 Å². The van der Waals surface area contributed by atoms with Gasteiger partial charge in [-0.1, -0.05) is 29.5 Å². The van der Waals surface area contributed by atoms with Crippen molar-refractivity contribution < 1.29 is 19.0 Å². The second-order valence-corrected chi connectivity index (χ2v) is 9.48. The number of benzene rings is 2. The van der Waals surface area contributed by atoms with Crippen molar-refractivity contribution in [2.24, 2.45) is 11.8 Å². The zero-order chi connectivity index (χ0) is 23.6. The molecule has 1 amide bonds. The van der Waals surface area contributed by atoms with Crippen molar-refractivity contribution in [3.63, 3.8) is 0 Å². The SMILES string of the molecule is O=C(NCc1ccc2c(c1)OCO2)C1CN2CCC1CC2Cn1cc(COc2ccccc2)nn1. The molecule has 9 heteroatoms. The lowest BCUT2D eigenvalue weighted by Crippen LogP contribution is -2.58. The monoisotopic (exact) mass is 475 g/mol. The molecule has 35 heavy (non-hydrogen) atoms. The Morgan fingerprint density at radius 2 is 2.03 bits per heavy atom. The molecule has 4 aliphatic heterocycles. The largest absolute Gasteiger partial charge is 0.487 e. The zero-order valence-electron chi connectivity index (χ0n) is 19.5. The van der Waals surface area contributed by atoms with E-state index in [4.69, 9.17) is 14.2 Å². The summed E-state index contributed by atoms with van der Waals surface area (Å²) in [7, 11) is 0. The van der Waals surface area contributed by atoms with Crippen molar-refractivity contribution >= 4 is 5.91 Å². The highest BCUT2D eigenvalue weighted by Crippen LogP contribution is 2.37. The molecule has 4 aliphatic rings. The van der Waals surface area contributed by atoms with Gasteiger partial charge in [-0.3, -0.25) is 14.4 Å². The number of hydrogen-bond donors (Lipinski definition) is 1. The summed E-state index contributed by atoms with van der Waals surface area (Å²) in [5.74, 6) is 2.88. The first-order chi connectivity index (χ1) is 17.2. The van der Waals surface area contributed by atoms with Crippen LogP contribution in [0.1, 0.15) is 24.1 Å². The molecule has 182 valence electrons. The summed E-state index contributed by atoms with van der Waals surface area (Å²) >= 11 is 0. The third kappa shape index (κ3) is 4.81. The average molecular weight is 476 g/mol. The van der Waals surface area contributed by atoms with Crippen LogP contribution in [-0.4, -0.2) is 51.7 Å². The molecule has 1 N–H and O–H groups in total. The summed E-state index contributed by atoms with van der Waals surface area (Å²) < 4.78 is 18.5. The minimum atomic E-state index is 0.0274. The van der Waals surface area contributed by atoms with Gasteiger partial charge in [-0.05, 0) is 55.1 Å². The van der Waals surface area contributed by atoms with E-state index in [-0.39, 0.29) is 18.6 Å². The van der Waals surface area contributed by atoms with Crippen molar-refractivity contribution in [1.29, 1.82) is 0 Å². The quantitative estimate of drug-likeness (QED) is 0.536. The zero-order valence-corrected chi connectivity index (χ0v) is 19.5. The molecule has 1 aromatic heterocycles. The molecule has 0 radical (unpaired) electrons. The van der Waals surface area contributed by atoms with Crippen molar-refractivity contribution in [3.05, 3.63) is 66.0 Å². The van der Waals surface area contributed by atoms with Crippen LogP contribution in [0, 0.1) is 11.8 Å². The molecule has 3 fully saturated rings. The number of hydrogen-bond acceptors (Lipinski definition) is 7. The number of nitrogens with zero attached hydrogens (tertiary/aromatic N) is 4. The van der Waals surface area contributed by atoms with Crippen LogP contribution in [-0.2, 0) is 24.5 Å². The van der Waals surface area contributed by atoms with Crippen LogP contribution in [0.5, 0.6) is 17.2 Å². The predicted molar refractivity (Wildman–Crippen MR) is 127 cm³/mol. The van der Waals surface area contributed by atoms with Crippen LogP contribution in [0.2, 0.25) is 0 Å². The van der Waals surface area contributed by atoms with Crippen molar-refractivity contribution in [2.45, 2.75) is 38.6 Å². The summed E-state index contributed by atoms with van der Waals surface area (Å²) in [6.45, 7) is 3.74. The van der Waals surface area contributed by atoms with E-state index in [0.29, 0.717) is 25.1 Å². The number of carbonyl (C=O) groups excluding carboxylic acids is 1. The first kappa shape index (κ1) is 21.9. The fourth-order valence-electron chi connectivity index (χ4n) is 5.38. The van der Waals surface area contributed by atoms with E-state index in [9.17, 15) is 4.79 Å². The molecule has 4 atom stereocenters. The third-order valence-electron chi connectivity index (χ3n) is 7.23. The van der Waals surface area contributed by atoms with Gasteiger partial charge in [0.2, 0.25) is 12.7 Å². The normalized spacial score (nSPS) is 24.3. The number of para-hydroxylation sites is 1. The number of aromatic nitrogens is 3. The Balaban J connectivity index is 1.00. The summed E-state index contributed by atoms with van der Waals surface area (Å²) in [4.78, 5) is 15.5. The third-order valence-corrected chi connectivity index (χ3v) is 7.23. The Kier molecular flexibility index (Phi) is 5.99. The Bertz CT molecular complexity index is 1180. The molecule has 2 aromatic carbocycles. The lowest BCUT2D eigenvalue weighted by Gasteiger charge is -2.49. The molecule has 2 bridgehead atoms. The highest BCUT2D eigenvalue weighted by Gasteiger charge is 2.43. The van der Waals surface area contributed by atoms with Crippen molar-refractivity contribution in [3.8, 4) is 17.2 Å². The number of rotatable bonds is 8. The van der Waals surface area contributed by atoms with Gasteiger partial charge < -0.3 is 19.5 Å². The number of fused-ring (bicyclic) bond motifs is 4. The fraction of sp³-hybridized carbons (Fsp3) is 0.423. The van der Waals surface area contributed by atoms with E-state index >= 15 is 0 Å². The molecule has 0 aliphatic carbocycles. The number of ether oxygens (including phenoxy) is 3. The lowest BCUT2D eigenvalue weighted by molar-refractivity contribution is -0.133. The molecule has 3 saturated heterocycles. The highest BCUT2D eigenvalue weighted by molar-refractivity contribution is 5.79. The maximum Gasteiger partial charge on any atom is 0.231 e. The maximum absolute atomic E-state index is 13.0. The Hall–Kier alpha value is -3.59. The lowest BCUT2D eigenvalue weighted by atomic mass is 9.75. The highest BCUT2D eigenvalue weighted by atomic mass is 16.7. The Morgan fingerprint density at radius 3 is 2.89 bits per heavy atom. The molecule has 7 rings (SSSR count). The van der Waals surface area contributed by atoms with E-state index in [2.05, 4.69) is 20.5 Å². The standard InChI is InChI=1S/C26H29N5O4/c32-26(27-12-18-6-7-24-25(10-18)35-17-34-24)23-15-30-9-8-19(23)11-21(30)14-31-13-20(28-29-31)16-33-22-4-2-1-3-5-22/h1-7,10,13,19,21,23H,8-9,11-12,14-17H2,(H,27,32). The number of carbonyl (C=O) groups is 1. The van der Waals surface area contributed by atoms with Gasteiger partial charge >= 0.3 is 0 Å². The molecular formula is C26H29N5O4. The van der Waals surface area contributed by atoms with Crippen molar-refractivity contribution in [1.82, 2.24) is 25.2 Å². The van der Waals surface area contributed by atoms with Gasteiger partial charge in [0.15, 0.2) is 11.5 Å². The maximum atomic E-state index is 13.0. The van der Waals surface area contributed by atoms with E-state index in [1.165, 1.54) is 0 Å². The van der Waals surface area contributed by atoms with E-state index in [1.54, 1.807) is 0 Å². The van der Waals surface area contributed by atoms with Crippen LogP contribution in [0.3, 0.4) is 0 Å². The number of amides is 1. The topological polar surface area (TPSA) is 90.7 Å². The van der Waals surface area contributed by atoms with E-state index in [0.717, 1.165) is 61.0 Å². The molecule has 4 unspecified atom stereocenters. The van der Waals surface area contributed by atoms with Crippen LogP contribution in [0.15, 0.2) is 54.7 Å². The molecular weight excluding hydrogens is 446 g/mol. The first-order valence-electron chi connectivity index (χ1n) is 12.2. The smallest absolute Gasteiger partial charge is 0.231 e. The molecule has 5 heterocycles. The van der Waals surface area contributed by atoms with E-state index in [1.807, 2.05) is 59.4 Å². The first-order valence-corrected chi connectivity index (χ1v) is 12.2. The summed E-state index contributed by atoms with van der Waals surface area (Å²) in [5.41, 5.74) is 1.82. The molecule has 0 spiro atoms. The van der Waals surface area contributed by atoms with Crippen molar-refractivity contribution in [2.75, 3.05) is 19.9 Å². The minimum absolute atomic E-state index is 0.0274. The van der Waals surface area contributed by atoms with Gasteiger partial charge in [0, 0.05) is 19.1 Å². The van der Waals surface area contributed by atoms with Crippen LogP contribution in [0.4, 0.5) is 0 Å². The van der Waals surface area contributed by atoms with Gasteiger partial charge in [-0.25, -0.2) is 0 Å². The van der Waals surface area contributed by atoms with Gasteiger partial charge in [0.05, 0.1) is 18.7 Å². The summed E-state index contributed by atoms with van der Waals surface area (Å²) in [6.07, 6.45) is 4.02. The fourth-order valence-corrected chi connectivity index (χ4v) is 5.38. The summed E-state index contributed by atoms with van der Waals surface area (Å²) in [5, 5.41) is 11.7. The second kappa shape index (κ2) is 9.58. The summed E-state index contributed by atoms with van der Waals surface area (Å²) in [6, 6.07) is 15.9. The average Bonchev–Trinajstić information content (AvgIpc) is 3.56. The minimum Gasteiger partial charge on any atom is -0.487 e. The second-order valence-electron chi connectivity index (χ2n) is 9.48.